The Balaban J connectivity index is 1.64. The minimum Gasteiger partial charge on any atom is -0.339 e. The highest BCUT2D eigenvalue weighted by molar-refractivity contribution is 7.07. The molecular weight excluding hydrogens is 317 g/mol. The van der Waals surface area contributed by atoms with Crippen molar-refractivity contribution in [3.05, 3.63) is 40.9 Å². The van der Waals surface area contributed by atoms with Gasteiger partial charge in [0.05, 0.1) is 12.1 Å². The lowest BCUT2D eigenvalue weighted by atomic mass is 10.2. The minimum absolute atomic E-state index is 0.0404. The summed E-state index contributed by atoms with van der Waals surface area (Å²) in [5, 5.41) is 1.72. The molecule has 6 nitrogen and oxygen atoms in total. The second-order valence-electron chi connectivity index (χ2n) is 5.64. The van der Waals surface area contributed by atoms with Gasteiger partial charge >= 0.3 is 0 Å². The van der Waals surface area contributed by atoms with Crippen molar-refractivity contribution in [1.29, 1.82) is 0 Å². The average molecular weight is 335 g/mol. The van der Waals surface area contributed by atoms with Crippen LogP contribution in [-0.2, 0) is 6.54 Å². The van der Waals surface area contributed by atoms with Crippen LogP contribution in [0.25, 0.3) is 0 Å². The van der Waals surface area contributed by atoms with E-state index in [4.69, 9.17) is 0 Å². The SMILES string of the molecule is CN(C[C@@H]1C[C@H](F)CN1Cc1ncccn1)C(=O)c1cscn1. The number of aromatic nitrogens is 3. The number of hydrogen-bond donors (Lipinski definition) is 0. The molecule has 0 bridgehead atoms. The lowest BCUT2D eigenvalue weighted by Gasteiger charge is -2.27. The van der Waals surface area contributed by atoms with E-state index in [2.05, 4.69) is 15.0 Å². The Morgan fingerprint density at radius 2 is 2.22 bits per heavy atom. The van der Waals surface area contributed by atoms with Gasteiger partial charge in [0.15, 0.2) is 0 Å². The summed E-state index contributed by atoms with van der Waals surface area (Å²) in [5.74, 6) is 0.532. The molecule has 1 aliphatic rings. The van der Waals surface area contributed by atoms with E-state index >= 15 is 0 Å². The van der Waals surface area contributed by atoms with Gasteiger partial charge in [0.1, 0.15) is 17.7 Å². The van der Waals surface area contributed by atoms with Crippen LogP contribution in [0.3, 0.4) is 0 Å². The first-order chi connectivity index (χ1) is 11.1. The van der Waals surface area contributed by atoms with E-state index < -0.39 is 6.17 Å². The van der Waals surface area contributed by atoms with Gasteiger partial charge in [-0.05, 0) is 12.5 Å². The maximum Gasteiger partial charge on any atom is 0.273 e. The number of hydrogen-bond acceptors (Lipinski definition) is 6. The van der Waals surface area contributed by atoms with Crippen molar-refractivity contribution < 1.29 is 9.18 Å². The molecule has 122 valence electrons. The predicted molar refractivity (Wildman–Crippen MR) is 84.8 cm³/mol. The van der Waals surface area contributed by atoms with E-state index in [1.165, 1.54) is 11.3 Å². The molecule has 0 aromatic carbocycles. The van der Waals surface area contributed by atoms with Crippen LogP contribution in [0.1, 0.15) is 22.7 Å². The van der Waals surface area contributed by atoms with E-state index in [9.17, 15) is 9.18 Å². The van der Waals surface area contributed by atoms with Gasteiger partial charge in [-0.3, -0.25) is 9.69 Å². The molecule has 1 aliphatic heterocycles. The van der Waals surface area contributed by atoms with Crippen LogP contribution in [0.4, 0.5) is 4.39 Å². The molecule has 0 spiro atoms. The topological polar surface area (TPSA) is 62.2 Å². The van der Waals surface area contributed by atoms with Crippen LogP contribution in [0.2, 0.25) is 0 Å². The second kappa shape index (κ2) is 7.10. The highest BCUT2D eigenvalue weighted by Crippen LogP contribution is 2.23. The molecule has 0 aliphatic carbocycles. The number of nitrogens with zero attached hydrogens (tertiary/aromatic N) is 5. The molecule has 1 saturated heterocycles. The zero-order chi connectivity index (χ0) is 16.2. The zero-order valence-corrected chi connectivity index (χ0v) is 13.6. The minimum atomic E-state index is -0.883. The molecule has 0 saturated carbocycles. The number of carbonyl (C=O) groups is 1. The van der Waals surface area contributed by atoms with Crippen LogP contribution in [0.15, 0.2) is 29.4 Å². The number of amides is 1. The summed E-state index contributed by atoms with van der Waals surface area (Å²) in [6.07, 6.45) is 2.89. The van der Waals surface area contributed by atoms with Gasteiger partial charge in [0.25, 0.3) is 5.91 Å². The summed E-state index contributed by atoms with van der Waals surface area (Å²) in [5.41, 5.74) is 2.07. The molecule has 23 heavy (non-hydrogen) atoms. The van der Waals surface area contributed by atoms with Crippen molar-refractivity contribution in [2.75, 3.05) is 20.1 Å². The molecule has 8 heteroatoms. The van der Waals surface area contributed by atoms with Crippen LogP contribution < -0.4 is 0 Å². The third-order valence-electron chi connectivity index (χ3n) is 3.92. The highest BCUT2D eigenvalue weighted by Gasteiger charge is 2.34. The second-order valence-corrected chi connectivity index (χ2v) is 6.36. The van der Waals surface area contributed by atoms with Gasteiger partial charge in [-0.15, -0.1) is 11.3 Å². The van der Waals surface area contributed by atoms with Gasteiger partial charge in [0.2, 0.25) is 0 Å². The Hall–Kier alpha value is -1.93. The van der Waals surface area contributed by atoms with Crippen LogP contribution >= 0.6 is 11.3 Å². The number of thiazole rings is 1. The summed E-state index contributed by atoms with van der Waals surface area (Å²) in [4.78, 5) is 28.3. The summed E-state index contributed by atoms with van der Waals surface area (Å²) >= 11 is 1.39. The standard InChI is InChI=1S/C15H18FN5OS/c1-20(15(22)13-9-23-10-19-13)7-12-5-11(16)6-21(12)8-14-17-3-2-4-18-14/h2-4,9-12H,5-8H2,1H3/t11-,12-/m0/s1. The Bertz CT molecular complexity index is 639. The maximum atomic E-state index is 13.9. The number of rotatable bonds is 5. The van der Waals surface area contributed by atoms with E-state index in [1.807, 2.05) is 4.90 Å². The lowest BCUT2D eigenvalue weighted by Crippen LogP contribution is -2.41. The third-order valence-corrected chi connectivity index (χ3v) is 4.51. The predicted octanol–water partition coefficient (Wildman–Crippen LogP) is 1.62. The fourth-order valence-corrected chi connectivity index (χ4v) is 3.34. The summed E-state index contributed by atoms with van der Waals surface area (Å²) in [6.45, 7) is 1.30. The molecule has 0 N–H and O–H groups in total. The fraction of sp³-hybridized carbons (Fsp3) is 0.467. The number of alkyl halides is 1. The van der Waals surface area contributed by atoms with E-state index in [-0.39, 0.29) is 11.9 Å². The number of likely N-dealkylation sites (N-methyl/N-ethyl adjacent to an activating group) is 1. The van der Waals surface area contributed by atoms with Gasteiger partial charge < -0.3 is 4.90 Å². The molecular formula is C15H18FN5OS. The smallest absolute Gasteiger partial charge is 0.273 e. The first kappa shape index (κ1) is 15.9. The summed E-state index contributed by atoms with van der Waals surface area (Å²) in [7, 11) is 1.73. The van der Waals surface area contributed by atoms with Crippen LogP contribution in [-0.4, -0.2) is 63.0 Å². The molecule has 0 unspecified atom stereocenters. The fourth-order valence-electron chi connectivity index (χ4n) is 2.81. The first-order valence-electron chi connectivity index (χ1n) is 7.41. The van der Waals surface area contributed by atoms with Crippen LogP contribution in [0, 0.1) is 0 Å². The highest BCUT2D eigenvalue weighted by atomic mass is 32.1. The molecule has 3 heterocycles. The molecule has 2 aromatic heterocycles. The van der Waals surface area contributed by atoms with E-state index in [0.717, 1.165) is 0 Å². The molecule has 2 aromatic rings. The Kier molecular flexibility index (Phi) is 4.92. The van der Waals surface area contributed by atoms with Crippen molar-refractivity contribution in [3.8, 4) is 0 Å². The quantitative estimate of drug-likeness (QED) is 0.831. The largest absolute Gasteiger partial charge is 0.339 e. The first-order valence-corrected chi connectivity index (χ1v) is 8.35. The number of carbonyl (C=O) groups excluding carboxylic acids is 1. The van der Waals surface area contributed by atoms with Crippen LogP contribution in [0.5, 0.6) is 0 Å². The average Bonchev–Trinajstić information content (AvgIpc) is 3.18. The van der Waals surface area contributed by atoms with Crippen molar-refractivity contribution in [1.82, 2.24) is 24.8 Å². The zero-order valence-electron chi connectivity index (χ0n) is 12.8. The van der Waals surface area contributed by atoms with Crippen molar-refractivity contribution in [2.45, 2.75) is 25.2 Å². The Morgan fingerprint density at radius 1 is 1.43 bits per heavy atom. The number of likely N-dealkylation sites (tertiary alicyclic amines) is 1. The molecule has 1 fully saturated rings. The third kappa shape index (κ3) is 3.89. The van der Waals surface area contributed by atoms with Gasteiger partial charge in [-0.1, -0.05) is 0 Å². The lowest BCUT2D eigenvalue weighted by molar-refractivity contribution is 0.0743. The van der Waals surface area contributed by atoms with Crippen molar-refractivity contribution in [2.24, 2.45) is 0 Å². The summed E-state index contributed by atoms with van der Waals surface area (Å²) in [6, 6.07) is 1.71. The van der Waals surface area contributed by atoms with E-state index in [1.54, 1.807) is 41.3 Å². The van der Waals surface area contributed by atoms with Gasteiger partial charge in [-0.2, -0.15) is 0 Å². The molecule has 0 radical (unpaired) electrons. The van der Waals surface area contributed by atoms with Crippen molar-refractivity contribution >= 4 is 17.2 Å². The van der Waals surface area contributed by atoms with Gasteiger partial charge in [-0.25, -0.2) is 19.3 Å². The molecule has 1 amide bonds. The Labute approximate surface area is 138 Å². The molecule has 2 atom stereocenters. The monoisotopic (exact) mass is 335 g/mol. The van der Waals surface area contributed by atoms with Gasteiger partial charge in [0, 0.05) is 44.0 Å². The molecule has 3 rings (SSSR count). The number of halogens is 1. The Morgan fingerprint density at radius 3 is 2.91 bits per heavy atom. The summed E-state index contributed by atoms with van der Waals surface area (Å²) < 4.78 is 13.9. The van der Waals surface area contributed by atoms with Crippen molar-refractivity contribution in [3.63, 3.8) is 0 Å². The van der Waals surface area contributed by atoms with E-state index in [0.29, 0.717) is 37.6 Å². The maximum absolute atomic E-state index is 13.9. The normalized spacial score (nSPS) is 21.5.